The molecule has 0 aromatic rings. The Kier molecular flexibility index (Phi) is 7.68. The van der Waals surface area contributed by atoms with E-state index in [0.717, 1.165) is 27.7 Å². The third-order valence-corrected chi connectivity index (χ3v) is 3.56. The van der Waals surface area contributed by atoms with Gasteiger partial charge in [0.25, 0.3) is 0 Å². The van der Waals surface area contributed by atoms with Gasteiger partial charge in [-0.15, -0.1) is 0 Å². The Bertz CT molecular complexity index is 574. The average Bonchev–Trinajstić information content (AvgIpc) is 2.43. The minimum absolute atomic E-state index is 0.156. The predicted octanol–water partition coefficient (Wildman–Crippen LogP) is -1.64. The Balaban J connectivity index is 3.24. The molecule has 1 aliphatic rings. The second-order valence-electron chi connectivity index (χ2n) is 5.08. The van der Waals surface area contributed by atoms with Crippen molar-refractivity contribution in [1.82, 2.24) is 0 Å². The predicted molar refractivity (Wildman–Crippen MR) is 80.1 cm³/mol. The van der Waals surface area contributed by atoms with E-state index in [2.05, 4.69) is 15.6 Å². The molecule has 0 saturated carbocycles. The van der Waals surface area contributed by atoms with Crippen LogP contribution in [0.5, 0.6) is 0 Å². The molecule has 0 radical (unpaired) electrons. The summed E-state index contributed by atoms with van der Waals surface area (Å²) >= 11 is 2.43. The zero-order chi connectivity index (χ0) is 19.3. The minimum atomic E-state index is -1.73. The van der Waals surface area contributed by atoms with E-state index in [-0.39, 0.29) is 4.60 Å². The molecule has 1 fully saturated rings. The van der Waals surface area contributed by atoms with Crippen LogP contribution in [0.4, 0.5) is 0 Å². The Morgan fingerprint density at radius 3 is 1.68 bits per heavy atom. The number of carbonyl (C=O) groups excluding carboxylic acids is 4. The van der Waals surface area contributed by atoms with Crippen molar-refractivity contribution < 1.29 is 48.0 Å². The van der Waals surface area contributed by atoms with Crippen molar-refractivity contribution >= 4 is 44.1 Å². The number of ether oxygens (including phenoxy) is 5. The summed E-state index contributed by atoms with van der Waals surface area (Å²) in [5, 5.41) is 10.1. The van der Waals surface area contributed by atoms with E-state index in [9.17, 15) is 24.3 Å². The Morgan fingerprint density at radius 1 is 0.800 bits per heavy atom. The van der Waals surface area contributed by atoms with Crippen LogP contribution in [0.1, 0.15) is 27.7 Å². The summed E-state index contributed by atoms with van der Waals surface area (Å²) in [5.74, 6) is -3.01. The van der Waals surface area contributed by atoms with Crippen molar-refractivity contribution in [2.24, 2.45) is 0 Å². The second-order valence-corrected chi connectivity index (χ2v) is 5.93. The maximum absolute atomic E-state index is 11.4. The van der Waals surface area contributed by atoms with Crippen molar-refractivity contribution in [2.75, 3.05) is 0 Å². The number of esters is 4. The van der Waals surface area contributed by atoms with Crippen molar-refractivity contribution in [3.63, 3.8) is 0 Å². The molecule has 0 aromatic carbocycles. The van der Waals surface area contributed by atoms with Gasteiger partial charge in [-0.25, -0.2) is 0 Å². The fourth-order valence-corrected chi connectivity index (χ4v) is 2.82. The summed E-state index contributed by atoms with van der Waals surface area (Å²) in [5.41, 5.74) is 0. The fraction of sp³-hybridized carbons (Fsp3) is 0.643. The van der Waals surface area contributed by atoms with Crippen LogP contribution < -0.4 is 0 Å². The molecule has 11 heteroatoms. The van der Waals surface area contributed by atoms with E-state index in [1.165, 1.54) is 0 Å². The number of aliphatic hydroxyl groups excluding tert-OH is 1. The molecule has 5 atom stereocenters. The SMILES string of the molecule is CC(=O)OC(=[Se])[C@H]1O[C@@H](O)[C@H](OC(C)=O)[C@@H](OC(C)=O)[C@@H]1OC(C)=O. The quantitative estimate of drug-likeness (QED) is 0.310. The van der Waals surface area contributed by atoms with Gasteiger partial charge in [0.15, 0.2) is 0 Å². The Labute approximate surface area is 151 Å². The van der Waals surface area contributed by atoms with Gasteiger partial charge in [0.05, 0.1) is 0 Å². The van der Waals surface area contributed by atoms with Gasteiger partial charge in [0.1, 0.15) is 0 Å². The molecular weight excluding hydrogens is 407 g/mol. The molecule has 1 rings (SSSR count). The van der Waals surface area contributed by atoms with Crippen LogP contribution in [-0.2, 0) is 42.9 Å². The van der Waals surface area contributed by atoms with Crippen LogP contribution >= 0.6 is 0 Å². The van der Waals surface area contributed by atoms with Crippen LogP contribution in [0, 0.1) is 0 Å². The number of aliphatic hydroxyl groups is 1. The number of carbonyl (C=O) groups is 4. The molecule has 0 bridgehead atoms. The summed E-state index contributed by atoms with van der Waals surface area (Å²) in [6.07, 6.45) is -7.21. The Hall–Kier alpha value is -1.81. The topological polar surface area (TPSA) is 135 Å². The zero-order valence-electron chi connectivity index (χ0n) is 13.9. The average molecular weight is 425 g/mol. The zero-order valence-corrected chi connectivity index (χ0v) is 15.6. The number of rotatable bonds is 5. The van der Waals surface area contributed by atoms with Crippen molar-refractivity contribution in [3.05, 3.63) is 0 Å². The van der Waals surface area contributed by atoms with E-state index in [1.54, 1.807) is 0 Å². The van der Waals surface area contributed by atoms with Crippen molar-refractivity contribution in [1.29, 1.82) is 0 Å². The molecule has 1 heterocycles. The van der Waals surface area contributed by atoms with Crippen molar-refractivity contribution in [3.8, 4) is 0 Å². The van der Waals surface area contributed by atoms with Crippen LogP contribution in [0.3, 0.4) is 0 Å². The molecule has 1 N–H and O–H groups in total. The third kappa shape index (κ3) is 6.20. The van der Waals surface area contributed by atoms with Gasteiger partial charge in [-0.1, -0.05) is 0 Å². The first kappa shape index (κ1) is 21.2. The molecule has 0 amide bonds. The van der Waals surface area contributed by atoms with Gasteiger partial charge in [-0.2, -0.15) is 0 Å². The summed E-state index contributed by atoms with van der Waals surface area (Å²) in [7, 11) is 0. The Morgan fingerprint density at radius 2 is 1.24 bits per heavy atom. The summed E-state index contributed by atoms with van der Waals surface area (Å²) < 4.78 is 25.1. The number of hydrogen-bond acceptors (Lipinski definition) is 10. The van der Waals surface area contributed by atoms with Crippen LogP contribution in [0.2, 0.25) is 0 Å². The first-order valence-electron chi connectivity index (χ1n) is 7.10. The monoisotopic (exact) mass is 426 g/mol. The van der Waals surface area contributed by atoms with Crippen LogP contribution in [-0.4, -0.2) is 79.9 Å². The molecule has 0 unspecified atom stereocenters. The van der Waals surface area contributed by atoms with Gasteiger partial charge >= 0.3 is 150 Å². The normalized spacial score (nSPS) is 28.4. The first-order valence-corrected chi connectivity index (χ1v) is 7.96. The van der Waals surface area contributed by atoms with E-state index < -0.39 is 54.6 Å². The molecule has 140 valence electrons. The van der Waals surface area contributed by atoms with Crippen LogP contribution in [0.15, 0.2) is 0 Å². The van der Waals surface area contributed by atoms with Gasteiger partial charge in [0.2, 0.25) is 0 Å². The van der Waals surface area contributed by atoms with Crippen molar-refractivity contribution in [2.45, 2.75) is 58.4 Å². The molecule has 0 aliphatic carbocycles. The van der Waals surface area contributed by atoms with E-state index in [1.807, 2.05) is 0 Å². The number of hydrogen-bond donors (Lipinski definition) is 1. The summed E-state index contributed by atoms with van der Waals surface area (Å²) in [4.78, 5) is 45.2. The van der Waals surface area contributed by atoms with E-state index in [0.29, 0.717) is 0 Å². The molecule has 0 aromatic heterocycles. The summed E-state index contributed by atoms with van der Waals surface area (Å²) in [6, 6.07) is 0. The van der Waals surface area contributed by atoms with Gasteiger partial charge < -0.3 is 0 Å². The van der Waals surface area contributed by atoms with Gasteiger partial charge in [0, 0.05) is 0 Å². The molecule has 10 nitrogen and oxygen atoms in total. The van der Waals surface area contributed by atoms with Gasteiger partial charge in [-0.05, 0) is 0 Å². The second kappa shape index (κ2) is 9.04. The molecule has 25 heavy (non-hydrogen) atoms. The van der Waals surface area contributed by atoms with Gasteiger partial charge in [-0.3, -0.25) is 0 Å². The molecular formula is C14H18O10Se. The summed E-state index contributed by atoms with van der Waals surface area (Å²) in [6.45, 7) is 4.39. The fourth-order valence-electron chi connectivity index (χ4n) is 2.18. The van der Waals surface area contributed by atoms with E-state index in [4.69, 9.17) is 23.7 Å². The van der Waals surface area contributed by atoms with Crippen LogP contribution in [0.25, 0.3) is 0 Å². The maximum atomic E-state index is 11.4. The van der Waals surface area contributed by atoms with E-state index >= 15 is 0 Å². The molecule has 1 aliphatic heterocycles. The third-order valence-electron chi connectivity index (χ3n) is 2.90. The first-order chi connectivity index (χ1) is 11.5. The standard InChI is InChI=1S/C14H18O10Se/c1-5(15)20-9-10(21-6(2)16)12(14(25)23-8(4)18)24-13(19)11(9)22-7(3)17/h9-13,19H,1-4H3/t9-,10-,11+,12-,13+/m0/s1. The molecule has 1 saturated heterocycles. The molecule has 0 spiro atoms.